The number of imidazole rings is 1. The third-order valence-electron chi connectivity index (χ3n) is 6.09. The Labute approximate surface area is 213 Å². The molecular weight excluding hydrogens is 459 g/mol. The molecule has 178 valence electrons. The zero-order chi connectivity index (χ0) is 24.3. The van der Waals surface area contributed by atoms with E-state index in [1.165, 1.54) is 50.5 Å². The summed E-state index contributed by atoms with van der Waals surface area (Å²) >= 11 is 6.37. The van der Waals surface area contributed by atoms with Crippen LogP contribution in [0.3, 0.4) is 0 Å². The molecule has 0 bridgehead atoms. The quantitative estimate of drug-likeness (QED) is 0.232. The van der Waals surface area contributed by atoms with Gasteiger partial charge in [0.05, 0.1) is 0 Å². The maximum Gasteiger partial charge on any atom is 0.280 e. The first kappa shape index (κ1) is 26.4. The first-order valence-corrected chi connectivity index (χ1v) is 15.2. The predicted molar refractivity (Wildman–Crippen MR) is 156 cm³/mol. The minimum absolute atomic E-state index is 0.964. The first-order valence-electron chi connectivity index (χ1n) is 12.0. The van der Waals surface area contributed by atoms with Gasteiger partial charge >= 0.3 is 0 Å². The Morgan fingerprint density at radius 2 is 1.12 bits per heavy atom. The molecule has 6 heteroatoms. The lowest BCUT2D eigenvalue weighted by atomic mass is 9.98. The Morgan fingerprint density at radius 1 is 0.697 bits per heavy atom. The Kier molecular flexibility index (Phi) is 8.79. The van der Waals surface area contributed by atoms with Gasteiger partial charge in [-0.15, -0.1) is 0 Å². The first-order chi connectivity index (χ1) is 15.7. The normalized spacial score (nSPS) is 11.9. The van der Waals surface area contributed by atoms with Gasteiger partial charge in [-0.3, -0.25) is 0 Å². The highest BCUT2D eigenvalue weighted by Crippen LogP contribution is 2.41. The van der Waals surface area contributed by atoms with E-state index in [2.05, 4.69) is 143 Å². The molecule has 0 amide bonds. The number of aromatic nitrogens is 2. The Morgan fingerprint density at radius 3 is 1.55 bits per heavy atom. The van der Waals surface area contributed by atoms with E-state index >= 15 is 0 Å². The summed E-state index contributed by atoms with van der Waals surface area (Å²) in [5.41, 5.74) is 12.1. The molecule has 0 saturated heterocycles. The molecule has 33 heavy (non-hydrogen) atoms. The lowest BCUT2D eigenvalue weighted by Crippen LogP contribution is -2.61. The predicted octanol–water partition coefficient (Wildman–Crippen LogP) is 7.01. The smallest absolute Gasteiger partial charge is 0.280 e. The van der Waals surface area contributed by atoms with Gasteiger partial charge in [0.2, 0.25) is 0 Å². The average molecular weight is 499 g/mol. The van der Waals surface area contributed by atoms with E-state index in [1.54, 1.807) is 0 Å². The minimum atomic E-state index is -0.964. The van der Waals surface area contributed by atoms with Gasteiger partial charge in [-0.2, -0.15) is 0 Å². The minimum Gasteiger partial charge on any atom is -0.338 e. The summed E-state index contributed by atoms with van der Waals surface area (Å²) in [7, 11) is 0. The summed E-state index contributed by atoms with van der Waals surface area (Å²) in [6.07, 6.45) is 4.61. The molecule has 1 heterocycles. The fraction of sp³-hybridized carbons (Fsp3) is 0.444. The lowest BCUT2D eigenvalue weighted by Gasteiger charge is -2.37. The molecule has 1 aromatic heterocycles. The van der Waals surface area contributed by atoms with Crippen molar-refractivity contribution >= 4 is 44.5 Å². The molecule has 0 aliphatic carbocycles. The van der Waals surface area contributed by atoms with Crippen molar-refractivity contribution in [3.63, 3.8) is 0 Å². The van der Waals surface area contributed by atoms with Crippen molar-refractivity contribution < 1.29 is 4.57 Å². The molecule has 0 atom stereocenters. The highest BCUT2D eigenvalue weighted by molar-refractivity contribution is 8.82. The highest BCUT2D eigenvalue weighted by Gasteiger charge is 2.39. The summed E-state index contributed by atoms with van der Waals surface area (Å²) < 4.78 is 4.06. The number of hydrogen-bond acceptors (Lipinski definition) is 3. The van der Waals surface area contributed by atoms with E-state index in [9.17, 15) is 0 Å². The standard InChI is InChI=1S/C27H39BN2S3/c1-10-31-28(32-11-2,33-12-3)27-29(25-21(6)15-19(4)16-22(25)7)13-14-30(27)26-23(8)17-20(5)18-24(26)9/h13-18H,10-12H2,1-9H3. The summed E-state index contributed by atoms with van der Waals surface area (Å²) in [5, 5.41) is 0. The van der Waals surface area contributed by atoms with Crippen molar-refractivity contribution in [1.29, 1.82) is 0 Å². The van der Waals surface area contributed by atoms with Crippen LogP contribution < -0.4 is 10.3 Å². The third-order valence-corrected chi connectivity index (χ3v) is 11.5. The van der Waals surface area contributed by atoms with Crippen molar-refractivity contribution in [1.82, 2.24) is 4.57 Å². The fourth-order valence-corrected chi connectivity index (χ4v) is 11.3. The fourth-order valence-electron chi connectivity index (χ4n) is 5.25. The second-order valence-electron chi connectivity index (χ2n) is 8.90. The van der Waals surface area contributed by atoms with E-state index in [0.717, 1.165) is 17.3 Å². The van der Waals surface area contributed by atoms with Crippen LogP contribution in [0.4, 0.5) is 0 Å². The number of rotatable bonds is 9. The van der Waals surface area contributed by atoms with Crippen LogP contribution in [0.25, 0.3) is 11.4 Å². The number of hydrogen-bond donors (Lipinski definition) is 0. The van der Waals surface area contributed by atoms with Gasteiger partial charge in [0.15, 0.2) is 0 Å². The molecule has 0 radical (unpaired) electrons. The topological polar surface area (TPSA) is 8.81 Å². The largest absolute Gasteiger partial charge is 0.338 e. The number of aryl methyl sites for hydroxylation is 6. The van der Waals surface area contributed by atoms with Gasteiger partial charge in [0, 0.05) is 0 Å². The second kappa shape index (κ2) is 11.0. The Bertz CT molecular complexity index is 998. The van der Waals surface area contributed by atoms with Crippen LogP contribution in [0.2, 0.25) is 0 Å². The highest BCUT2D eigenvalue weighted by atomic mass is 32.3. The van der Waals surface area contributed by atoms with Gasteiger partial charge in [0.25, 0.3) is 3.98 Å². The van der Waals surface area contributed by atoms with Crippen LogP contribution in [-0.4, -0.2) is 25.8 Å². The van der Waals surface area contributed by atoms with Gasteiger partial charge in [-0.25, -0.2) is 9.13 Å². The molecule has 0 aliphatic heterocycles. The molecule has 2 aromatic carbocycles. The summed E-state index contributed by atoms with van der Waals surface area (Å²) in [5.74, 6) is 3.30. The monoisotopic (exact) mass is 498 g/mol. The molecule has 3 rings (SSSR count). The van der Waals surface area contributed by atoms with Crippen molar-refractivity contribution in [2.24, 2.45) is 0 Å². The van der Waals surface area contributed by atoms with Crippen molar-refractivity contribution in [2.75, 3.05) is 17.3 Å². The Balaban J connectivity index is 2.46. The zero-order valence-corrected chi connectivity index (χ0v) is 24.2. The number of benzene rings is 2. The lowest BCUT2D eigenvalue weighted by molar-refractivity contribution is -0.576. The maximum atomic E-state index is 2.51. The molecule has 0 spiro atoms. The molecule has 0 aliphatic rings. The van der Waals surface area contributed by atoms with Gasteiger partial charge < -0.3 is 34.8 Å². The number of nitrogens with zero attached hydrogens (tertiary/aromatic N) is 2. The average Bonchev–Trinajstić information content (AvgIpc) is 3.11. The van der Waals surface area contributed by atoms with E-state index in [1.807, 2.05) is 0 Å². The summed E-state index contributed by atoms with van der Waals surface area (Å²) in [6.45, 7) is 20.3. The SMILES string of the molecule is CCS[B-](SCC)(SCC)c1n(-c2c(C)cc(C)cc2C)cc[n+]1-c1c(C)cc(C)cc1C. The van der Waals surface area contributed by atoms with Crippen molar-refractivity contribution in [3.8, 4) is 11.4 Å². The van der Waals surface area contributed by atoms with Crippen LogP contribution in [0.5, 0.6) is 0 Å². The summed E-state index contributed by atoms with van der Waals surface area (Å²) in [4.78, 5) is 0. The zero-order valence-electron chi connectivity index (χ0n) is 21.8. The second-order valence-corrected chi connectivity index (χ2v) is 14.6. The van der Waals surface area contributed by atoms with Crippen molar-refractivity contribution in [2.45, 2.75) is 62.3 Å². The van der Waals surface area contributed by atoms with Crippen LogP contribution in [0, 0.1) is 41.5 Å². The van der Waals surface area contributed by atoms with Crippen molar-refractivity contribution in [3.05, 3.63) is 70.0 Å². The van der Waals surface area contributed by atoms with Crippen LogP contribution in [0.15, 0.2) is 36.7 Å². The van der Waals surface area contributed by atoms with E-state index in [0.29, 0.717) is 0 Å². The maximum absolute atomic E-state index is 2.51. The Hall–Kier alpha value is -1.24. The third kappa shape index (κ3) is 5.23. The molecule has 3 aromatic rings. The van der Waals surface area contributed by atoms with Crippen LogP contribution in [-0.2, 0) is 0 Å². The molecule has 0 unspecified atom stereocenters. The van der Waals surface area contributed by atoms with E-state index in [4.69, 9.17) is 0 Å². The molecule has 0 fully saturated rings. The molecular formula is C27H39BN2S3. The van der Waals surface area contributed by atoms with E-state index in [-0.39, 0.29) is 0 Å². The molecule has 0 saturated carbocycles. The van der Waals surface area contributed by atoms with Crippen LogP contribution in [0.1, 0.15) is 54.2 Å². The summed E-state index contributed by atoms with van der Waals surface area (Å²) in [6, 6.07) is 9.28. The van der Waals surface area contributed by atoms with Crippen LogP contribution >= 0.6 is 34.8 Å². The van der Waals surface area contributed by atoms with Gasteiger partial charge in [-0.1, -0.05) is 56.2 Å². The van der Waals surface area contributed by atoms with Gasteiger partial charge in [-0.05, 0) is 81.1 Å². The molecule has 2 nitrogen and oxygen atoms in total. The van der Waals surface area contributed by atoms with Gasteiger partial charge in [0.1, 0.15) is 29.5 Å². The van der Waals surface area contributed by atoms with E-state index < -0.39 is 3.98 Å². The molecule has 0 N–H and O–H groups in total.